The van der Waals surface area contributed by atoms with Crippen LogP contribution in [0.4, 0.5) is 5.69 Å². The van der Waals surface area contributed by atoms with Gasteiger partial charge in [-0.15, -0.1) is 0 Å². The molecule has 2 aliphatic rings. The molecule has 0 bridgehead atoms. The molecule has 0 saturated carbocycles. The van der Waals surface area contributed by atoms with Gasteiger partial charge in [-0.05, 0) is 17.2 Å². The van der Waals surface area contributed by atoms with Gasteiger partial charge in [0.15, 0.2) is 0 Å². The third kappa shape index (κ3) is 4.25. The maximum absolute atomic E-state index is 13.1. The van der Waals surface area contributed by atoms with E-state index in [0.717, 1.165) is 16.0 Å². The highest BCUT2D eigenvalue weighted by atomic mass is 16.6. The summed E-state index contributed by atoms with van der Waals surface area (Å²) in [5.41, 5.74) is 1.61. The average Bonchev–Trinajstić information content (AvgIpc) is 3.15. The van der Waals surface area contributed by atoms with Crippen molar-refractivity contribution in [1.29, 1.82) is 0 Å². The van der Waals surface area contributed by atoms with Crippen LogP contribution in [0.5, 0.6) is 0 Å². The Labute approximate surface area is 207 Å². The lowest BCUT2D eigenvalue weighted by molar-refractivity contribution is -0.385. The Kier molecular flexibility index (Phi) is 6.30. The van der Waals surface area contributed by atoms with Crippen LogP contribution in [0.15, 0.2) is 78.9 Å². The van der Waals surface area contributed by atoms with Crippen molar-refractivity contribution in [2.75, 3.05) is 32.7 Å². The lowest BCUT2D eigenvalue weighted by Gasteiger charge is -2.40. The van der Waals surface area contributed by atoms with Gasteiger partial charge < -0.3 is 4.90 Å². The lowest BCUT2D eigenvalue weighted by atomic mass is 9.96. The number of amides is 3. The van der Waals surface area contributed by atoms with Crippen LogP contribution in [-0.4, -0.2) is 70.1 Å². The molecule has 3 aromatic carbocycles. The van der Waals surface area contributed by atoms with Crippen LogP contribution in [0, 0.1) is 10.1 Å². The number of hydrogen-bond acceptors (Lipinski definition) is 6. The minimum atomic E-state index is -0.803. The van der Waals surface area contributed by atoms with Gasteiger partial charge in [0.05, 0.1) is 16.5 Å². The highest BCUT2D eigenvalue weighted by Crippen LogP contribution is 2.32. The number of piperazine rings is 1. The molecule has 2 aliphatic heterocycles. The van der Waals surface area contributed by atoms with Crippen molar-refractivity contribution in [3.63, 3.8) is 0 Å². The maximum Gasteiger partial charge on any atom is 0.282 e. The molecule has 0 unspecified atom stereocenters. The SMILES string of the molecule is O=C(CN1C(=O)c2cccc([N+](=O)[O-])c2C1=O)N1CCN(C(c2ccccc2)c2ccccc2)CC1. The first-order valence-corrected chi connectivity index (χ1v) is 11.7. The topological polar surface area (TPSA) is 104 Å². The monoisotopic (exact) mass is 484 g/mol. The molecule has 0 atom stereocenters. The summed E-state index contributed by atoms with van der Waals surface area (Å²) in [5.74, 6) is -1.84. The van der Waals surface area contributed by atoms with E-state index in [4.69, 9.17) is 0 Å². The first kappa shape index (κ1) is 23.4. The van der Waals surface area contributed by atoms with E-state index in [1.807, 2.05) is 36.4 Å². The Morgan fingerprint density at radius 2 is 1.39 bits per heavy atom. The Morgan fingerprint density at radius 3 is 1.94 bits per heavy atom. The largest absolute Gasteiger partial charge is 0.339 e. The second-order valence-corrected chi connectivity index (χ2v) is 8.79. The number of benzene rings is 3. The van der Waals surface area contributed by atoms with E-state index in [1.165, 1.54) is 18.2 Å². The van der Waals surface area contributed by atoms with Crippen LogP contribution in [-0.2, 0) is 4.79 Å². The third-order valence-corrected chi connectivity index (χ3v) is 6.73. The van der Waals surface area contributed by atoms with Gasteiger partial charge in [0.2, 0.25) is 5.91 Å². The molecule has 36 heavy (non-hydrogen) atoms. The van der Waals surface area contributed by atoms with E-state index in [1.54, 1.807) is 4.90 Å². The number of carbonyl (C=O) groups is 3. The van der Waals surface area contributed by atoms with Crippen LogP contribution < -0.4 is 0 Å². The quantitative estimate of drug-likeness (QED) is 0.303. The summed E-state index contributed by atoms with van der Waals surface area (Å²) in [6.07, 6.45) is 0. The number of carbonyl (C=O) groups excluding carboxylic acids is 3. The van der Waals surface area contributed by atoms with E-state index in [2.05, 4.69) is 29.2 Å². The minimum absolute atomic E-state index is 0.0413. The first-order chi connectivity index (χ1) is 17.5. The molecule has 3 amide bonds. The number of rotatable bonds is 6. The first-order valence-electron chi connectivity index (χ1n) is 11.7. The van der Waals surface area contributed by atoms with Gasteiger partial charge in [-0.3, -0.25) is 34.3 Å². The van der Waals surface area contributed by atoms with Gasteiger partial charge in [-0.2, -0.15) is 0 Å². The molecule has 0 aliphatic carbocycles. The van der Waals surface area contributed by atoms with Crippen molar-refractivity contribution in [1.82, 2.24) is 14.7 Å². The van der Waals surface area contributed by atoms with E-state index >= 15 is 0 Å². The molecule has 0 N–H and O–H groups in total. The molecule has 9 heteroatoms. The van der Waals surface area contributed by atoms with Crippen LogP contribution in [0.3, 0.4) is 0 Å². The fourth-order valence-electron chi connectivity index (χ4n) is 4.96. The zero-order chi connectivity index (χ0) is 25.2. The van der Waals surface area contributed by atoms with Gasteiger partial charge in [0, 0.05) is 32.2 Å². The number of hydrogen-bond donors (Lipinski definition) is 0. The molecule has 1 saturated heterocycles. The van der Waals surface area contributed by atoms with Gasteiger partial charge in [0.1, 0.15) is 12.1 Å². The van der Waals surface area contributed by atoms with Crippen LogP contribution in [0.25, 0.3) is 0 Å². The van der Waals surface area contributed by atoms with E-state index in [-0.39, 0.29) is 23.1 Å². The van der Waals surface area contributed by atoms with E-state index < -0.39 is 29.0 Å². The molecule has 0 radical (unpaired) electrons. The second kappa shape index (κ2) is 9.71. The van der Waals surface area contributed by atoms with Crippen molar-refractivity contribution < 1.29 is 19.3 Å². The maximum atomic E-state index is 13.1. The van der Waals surface area contributed by atoms with Gasteiger partial charge in [0.25, 0.3) is 17.5 Å². The number of nitro benzene ring substituents is 1. The molecule has 0 spiro atoms. The lowest BCUT2D eigenvalue weighted by Crippen LogP contribution is -2.52. The second-order valence-electron chi connectivity index (χ2n) is 8.79. The molecule has 2 heterocycles. The van der Waals surface area contributed by atoms with Crippen molar-refractivity contribution in [3.05, 3.63) is 111 Å². The minimum Gasteiger partial charge on any atom is -0.339 e. The Hall–Kier alpha value is -4.37. The van der Waals surface area contributed by atoms with Crippen molar-refractivity contribution >= 4 is 23.4 Å². The Balaban J connectivity index is 1.28. The molecule has 182 valence electrons. The molecule has 0 aromatic heterocycles. The average molecular weight is 485 g/mol. The van der Waals surface area contributed by atoms with Crippen molar-refractivity contribution in [2.24, 2.45) is 0 Å². The number of nitrogens with zero attached hydrogens (tertiary/aromatic N) is 4. The smallest absolute Gasteiger partial charge is 0.282 e. The van der Waals surface area contributed by atoms with Gasteiger partial charge in [-0.25, -0.2) is 0 Å². The molecule has 9 nitrogen and oxygen atoms in total. The van der Waals surface area contributed by atoms with E-state index in [0.29, 0.717) is 26.2 Å². The fraction of sp³-hybridized carbons (Fsp3) is 0.222. The van der Waals surface area contributed by atoms with Gasteiger partial charge >= 0.3 is 0 Å². The normalized spacial score (nSPS) is 15.9. The third-order valence-electron chi connectivity index (χ3n) is 6.73. The molecule has 5 rings (SSSR count). The van der Waals surface area contributed by atoms with Crippen molar-refractivity contribution in [3.8, 4) is 0 Å². The van der Waals surface area contributed by atoms with E-state index in [9.17, 15) is 24.5 Å². The molecule has 1 fully saturated rings. The molecule has 3 aromatic rings. The van der Waals surface area contributed by atoms with Crippen molar-refractivity contribution in [2.45, 2.75) is 6.04 Å². The van der Waals surface area contributed by atoms with Crippen LogP contribution in [0.2, 0.25) is 0 Å². The number of fused-ring (bicyclic) bond motifs is 1. The van der Waals surface area contributed by atoms with Crippen LogP contribution in [0.1, 0.15) is 37.9 Å². The predicted octanol–water partition coefficient (Wildman–Crippen LogP) is 3.12. The summed E-state index contributed by atoms with van der Waals surface area (Å²) >= 11 is 0. The Bertz CT molecular complexity index is 1280. The molecular formula is C27H24N4O5. The summed E-state index contributed by atoms with van der Waals surface area (Å²) in [4.78, 5) is 54.0. The standard InChI is InChI=1S/C27H24N4O5/c32-23(18-30-26(33)21-12-7-13-22(31(35)36)24(21)27(30)34)28-14-16-29(17-15-28)25(19-8-3-1-4-9-19)20-10-5-2-6-11-20/h1-13,25H,14-18H2. The zero-order valence-corrected chi connectivity index (χ0v) is 19.4. The predicted molar refractivity (Wildman–Crippen MR) is 131 cm³/mol. The Morgan fingerprint density at radius 1 is 0.806 bits per heavy atom. The number of nitro groups is 1. The highest BCUT2D eigenvalue weighted by molar-refractivity contribution is 6.24. The summed E-state index contributed by atoms with van der Waals surface area (Å²) in [6, 6.07) is 24.4. The summed E-state index contributed by atoms with van der Waals surface area (Å²) in [6.45, 7) is 1.68. The summed E-state index contributed by atoms with van der Waals surface area (Å²) in [5, 5.41) is 11.3. The molecular weight excluding hydrogens is 460 g/mol. The zero-order valence-electron chi connectivity index (χ0n) is 19.4. The highest BCUT2D eigenvalue weighted by Gasteiger charge is 2.42. The van der Waals surface area contributed by atoms with Gasteiger partial charge in [-0.1, -0.05) is 66.7 Å². The summed E-state index contributed by atoms with van der Waals surface area (Å²) in [7, 11) is 0. The summed E-state index contributed by atoms with van der Waals surface area (Å²) < 4.78 is 0. The number of imide groups is 1. The fourth-order valence-corrected chi connectivity index (χ4v) is 4.96. The van der Waals surface area contributed by atoms with Crippen LogP contribution >= 0.6 is 0 Å².